The average Bonchev–Trinajstić information content (AvgIpc) is 3.27. The molecule has 1 aromatic carbocycles. The first-order chi connectivity index (χ1) is 21.2. The molecule has 7 atom stereocenters. The van der Waals surface area contributed by atoms with E-state index in [1.807, 2.05) is 12.1 Å². The van der Waals surface area contributed by atoms with E-state index in [0.29, 0.717) is 29.9 Å². The van der Waals surface area contributed by atoms with E-state index in [1.54, 1.807) is 0 Å². The van der Waals surface area contributed by atoms with Crippen LogP contribution in [0.2, 0.25) is 0 Å². The summed E-state index contributed by atoms with van der Waals surface area (Å²) in [5.74, 6) is -3.23. The summed E-state index contributed by atoms with van der Waals surface area (Å²) in [7, 11) is 0.583. The highest BCUT2D eigenvalue weighted by molar-refractivity contribution is 7.84. The Morgan fingerprint density at radius 2 is 1.78 bits per heavy atom. The highest BCUT2D eigenvalue weighted by Crippen LogP contribution is 2.62. The summed E-state index contributed by atoms with van der Waals surface area (Å²) >= 11 is 0. The Hall–Kier alpha value is -1.63. The number of nitrogens with zero attached hydrogens (tertiary/aromatic N) is 2. The van der Waals surface area contributed by atoms with Crippen LogP contribution in [0.25, 0.3) is 0 Å². The van der Waals surface area contributed by atoms with Crippen molar-refractivity contribution in [2.24, 2.45) is 23.2 Å². The number of esters is 1. The van der Waals surface area contributed by atoms with Crippen molar-refractivity contribution in [3.05, 3.63) is 29.3 Å². The van der Waals surface area contributed by atoms with E-state index in [1.165, 1.54) is 5.56 Å². The first-order valence-electron chi connectivity index (χ1n) is 16.4. The molecule has 1 heterocycles. The van der Waals surface area contributed by atoms with E-state index in [0.717, 1.165) is 70.3 Å². The Balaban J connectivity index is 1.24. The van der Waals surface area contributed by atoms with E-state index >= 15 is 0 Å². The van der Waals surface area contributed by atoms with Crippen molar-refractivity contribution in [1.82, 2.24) is 9.80 Å². The molecule has 12 heteroatoms. The minimum absolute atomic E-state index is 0.151. The average molecular weight is 663 g/mol. The molecule has 3 fully saturated rings. The first kappa shape index (κ1) is 34.7. The van der Waals surface area contributed by atoms with Gasteiger partial charge in [-0.2, -0.15) is 22.0 Å². The van der Waals surface area contributed by atoms with Crippen LogP contribution < -0.4 is 4.74 Å². The van der Waals surface area contributed by atoms with Gasteiger partial charge in [0.1, 0.15) is 5.75 Å². The van der Waals surface area contributed by atoms with Crippen LogP contribution in [0, 0.1) is 23.2 Å². The standard InChI is InChI=1S/C33H47F5N2O4S/c1-31-12-10-26-25-7-6-24(44-29(42)21-40-15-13-39(2)14-16-40)20-23(25)19-22(30(26)27(31)8-9-28(31)41)5-3-17-45(43)18-4-11-32(34,35)33(36,37)38/h6-7,20,22,26-28,30,41H,3-5,8-19,21H2,1-2H3/t22-,26-,27+,28+,30-,31+,45?/m1/s1. The van der Waals surface area contributed by atoms with Gasteiger partial charge in [0, 0.05) is 54.9 Å². The van der Waals surface area contributed by atoms with Gasteiger partial charge >= 0.3 is 18.1 Å². The smallest absolute Gasteiger partial charge is 0.426 e. The molecule has 1 aliphatic heterocycles. The number of hydrogen-bond donors (Lipinski definition) is 1. The van der Waals surface area contributed by atoms with Crippen LogP contribution in [0.15, 0.2) is 18.2 Å². The number of hydrogen-bond acceptors (Lipinski definition) is 6. The normalized spacial score (nSPS) is 31.6. The lowest BCUT2D eigenvalue weighted by Crippen LogP contribution is -2.47. The lowest BCUT2D eigenvalue weighted by Gasteiger charge is -2.53. The van der Waals surface area contributed by atoms with E-state index in [4.69, 9.17) is 4.74 Å². The number of halogens is 5. The van der Waals surface area contributed by atoms with Gasteiger partial charge in [0.05, 0.1) is 12.6 Å². The largest absolute Gasteiger partial charge is 0.453 e. The van der Waals surface area contributed by atoms with Crippen LogP contribution in [0.1, 0.15) is 75.3 Å². The highest BCUT2D eigenvalue weighted by atomic mass is 32.2. The highest BCUT2D eigenvalue weighted by Gasteiger charge is 2.57. The Morgan fingerprint density at radius 3 is 2.49 bits per heavy atom. The maximum Gasteiger partial charge on any atom is 0.453 e. The summed E-state index contributed by atoms with van der Waals surface area (Å²) in [5, 5.41) is 10.9. The zero-order valence-electron chi connectivity index (χ0n) is 26.3. The number of ether oxygens (including phenoxy) is 1. The van der Waals surface area contributed by atoms with Gasteiger partial charge in [-0.25, -0.2) is 0 Å². The predicted molar refractivity (Wildman–Crippen MR) is 163 cm³/mol. The van der Waals surface area contributed by atoms with Gasteiger partial charge < -0.3 is 14.7 Å². The van der Waals surface area contributed by atoms with E-state index in [9.17, 15) is 36.1 Å². The van der Waals surface area contributed by atoms with Gasteiger partial charge in [-0.3, -0.25) is 13.9 Å². The Morgan fingerprint density at radius 1 is 1.07 bits per heavy atom. The summed E-state index contributed by atoms with van der Waals surface area (Å²) in [6.45, 7) is 5.91. The molecule has 1 N–H and O–H groups in total. The predicted octanol–water partition coefficient (Wildman–Crippen LogP) is 5.79. The zero-order chi connectivity index (χ0) is 32.6. The molecule has 0 radical (unpaired) electrons. The number of alkyl halides is 5. The first-order valence-corrected chi connectivity index (χ1v) is 17.9. The minimum Gasteiger partial charge on any atom is -0.426 e. The number of aliphatic hydroxyl groups excluding tert-OH is 1. The number of carbonyl (C=O) groups excluding carboxylic acids is 1. The fraction of sp³-hybridized carbons (Fsp3) is 0.788. The van der Waals surface area contributed by atoms with Crippen LogP contribution in [0.3, 0.4) is 0 Å². The molecule has 1 saturated heterocycles. The van der Waals surface area contributed by atoms with Crippen LogP contribution in [-0.2, 0) is 22.0 Å². The maximum atomic E-state index is 13.3. The van der Waals surface area contributed by atoms with Crippen molar-refractivity contribution in [2.45, 2.75) is 88.8 Å². The molecule has 1 aromatic rings. The molecule has 6 nitrogen and oxygen atoms in total. The number of fused-ring (bicyclic) bond motifs is 5. The molecule has 254 valence electrons. The minimum atomic E-state index is -5.59. The van der Waals surface area contributed by atoms with E-state index in [2.05, 4.69) is 29.8 Å². The number of carbonyl (C=O) groups is 1. The summed E-state index contributed by atoms with van der Waals surface area (Å²) < 4.78 is 82.3. The Labute approximate surface area is 265 Å². The second-order valence-corrected chi connectivity index (χ2v) is 15.8. The lowest BCUT2D eigenvalue weighted by molar-refractivity contribution is -0.284. The number of aliphatic hydroxyl groups is 1. The molecule has 0 aromatic heterocycles. The second-order valence-electron chi connectivity index (χ2n) is 14.1. The third-order valence-corrected chi connectivity index (χ3v) is 12.7. The van der Waals surface area contributed by atoms with Gasteiger partial charge in [0.15, 0.2) is 0 Å². The summed E-state index contributed by atoms with van der Waals surface area (Å²) in [6.07, 6.45) is -2.04. The molecule has 2 saturated carbocycles. The maximum absolute atomic E-state index is 13.3. The van der Waals surface area contributed by atoms with Gasteiger partial charge in [-0.1, -0.05) is 13.0 Å². The number of likely N-dealkylation sites (N-methyl/N-ethyl adjacent to an activating group) is 1. The van der Waals surface area contributed by atoms with Gasteiger partial charge in [0.25, 0.3) is 0 Å². The Bertz CT molecular complexity index is 1220. The number of piperazine rings is 1. The van der Waals surface area contributed by atoms with Crippen molar-refractivity contribution >= 4 is 16.8 Å². The fourth-order valence-electron chi connectivity index (χ4n) is 8.64. The number of rotatable bonds is 11. The number of benzene rings is 1. The molecular weight excluding hydrogens is 615 g/mol. The molecule has 45 heavy (non-hydrogen) atoms. The third-order valence-electron chi connectivity index (χ3n) is 11.2. The zero-order valence-corrected chi connectivity index (χ0v) is 27.1. The van der Waals surface area contributed by atoms with Gasteiger partial charge in [0.2, 0.25) is 0 Å². The topological polar surface area (TPSA) is 70.1 Å². The van der Waals surface area contributed by atoms with Crippen molar-refractivity contribution in [3.63, 3.8) is 0 Å². The van der Waals surface area contributed by atoms with Crippen molar-refractivity contribution in [1.29, 1.82) is 0 Å². The molecule has 1 unspecified atom stereocenters. The van der Waals surface area contributed by atoms with Crippen molar-refractivity contribution < 1.29 is 40.8 Å². The van der Waals surface area contributed by atoms with Crippen LogP contribution in [0.4, 0.5) is 22.0 Å². The third kappa shape index (κ3) is 7.75. The van der Waals surface area contributed by atoms with Crippen molar-refractivity contribution in [2.75, 3.05) is 51.3 Å². The summed E-state index contributed by atoms with van der Waals surface area (Å²) in [5.41, 5.74) is 2.26. The van der Waals surface area contributed by atoms with Crippen LogP contribution in [-0.4, -0.2) is 94.6 Å². The molecular formula is C33H47F5N2O4S. The van der Waals surface area contributed by atoms with Gasteiger partial charge in [-0.05, 0) is 111 Å². The van der Waals surface area contributed by atoms with E-state index in [-0.39, 0.29) is 41.5 Å². The quantitative estimate of drug-likeness (QED) is 0.184. The molecule has 4 aliphatic rings. The van der Waals surface area contributed by atoms with Crippen LogP contribution in [0.5, 0.6) is 5.75 Å². The summed E-state index contributed by atoms with van der Waals surface area (Å²) in [4.78, 5) is 17.1. The molecule has 0 amide bonds. The SMILES string of the molecule is CN1CCN(CC(=O)Oc2ccc3c(c2)C[C@@H](CCCS(=O)CCCC(F)(F)C(F)(F)F)[C@@H]2[C@@H]3CC[C@]3(C)[C@@H](O)CC[C@@H]23)CC1. The monoisotopic (exact) mass is 662 g/mol. The lowest BCUT2D eigenvalue weighted by atomic mass is 9.52. The molecule has 0 spiro atoms. The Kier molecular flexibility index (Phi) is 10.7. The molecule has 3 aliphatic carbocycles. The summed E-state index contributed by atoms with van der Waals surface area (Å²) in [6, 6.07) is 5.97. The molecule has 5 rings (SSSR count). The van der Waals surface area contributed by atoms with Crippen molar-refractivity contribution in [3.8, 4) is 5.75 Å². The van der Waals surface area contributed by atoms with E-state index < -0.39 is 35.7 Å². The van der Waals surface area contributed by atoms with Gasteiger partial charge in [-0.15, -0.1) is 0 Å². The molecule has 0 bridgehead atoms. The fourth-order valence-corrected chi connectivity index (χ4v) is 9.80. The van der Waals surface area contributed by atoms with Crippen LogP contribution >= 0.6 is 0 Å². The second kappa shape index (κ2) is 13.8.